The van der Waals surface area contributed by atoms with E-state index in [-0.39, 0.29) is 41.2 Å². The molecule has 9 heteroatoms. The van der Waals surface area contributed by atoms with Gasteiger partial charge in [0.05, 0.1) is 23.9 Å². The second-order valence-electron chi connectivity index (χ2n) is 10.0. The van der Waals surface area contributed by atoms with E-state index in [4.69, 9.17) is 14.2 Å². The van der Waals surface area contributed by atoms with Crippen LogP contribution in [0.3, 0.4) is 0 Å². The third kappa shape index (κ3) is 6.78. The molecule has 0 radical (unpaired) electrons. The van der Waals surface area contributed by atoms with Crippen LogP contribution in [0.5, 0.6) is 5.75 Å². The molecule has 41 heavy (non-hydrogen) atoms. The summed E-state index contributed by atoms with van der Waals surface area (Å²) in [7, 11) is 0. The van der Waals surface area contributed by atoms with E-state index in [9.17, 15) is 9.59 Å². The molecule has 0 aliphatic heterocycles. The molecule has 5 aromatic rings. The Balaban J connectivity index is 0.00000387. The molecular weight excluding hydrogens is 527 g/mol. The number of aromatic amines is 1. The first-order chi connectivity index (χ1) is 19.3. The Kier molecular flexibility index (Phi) is 9.81. The van der Waals surface area contributed by atoms with E-state index in [0.29, 0.717) is 24.4 Å². The van der Waals surface area contributed by atoms with E-state index < -0.39 is 5.76 Å². The molecule has 5 rings (SSSR count). The zero-order valence-corrected chi connectivity index (χ0v) is 23.1. The van der Waals surface area contributed by atoms with Crippen LogP contribution in [0, 0.1) is 6.92 Å². The number of benzene rings is 3. The number of aryl methyl sites for hydroxylation is 2. The van der Waals surface area contributed by atoms with Gasteiger partial charge in [0.25, 0.3) is 5.56 Å². The van der Waals surface area contributed by atoms with Gasteiger partial charge in [-0.3, -0.25) is 18.9 Å². The Labute approximate surface area is 260 Å². The van der Waals surface area contributed by atoms with E-state index in [0.717, 1.165) is 51.5 Å². The number of aromatic nitrogens is 4. The van der Waals surface area contributed by atoms with Crippen LogP contribution in [0.15, 0.2) is 86.9 Å². The van der Waals surface area contributed by atoms with E-state index in [2.05, 4.69) is 17.1 Å². The van der Waals surface area contributed by atoms with Gasteiger partial charge in [-0.05, 0) is 61.6 Å². The van der Waals surface area contributed by atoms with Gasteiger partial charge in [-0.2, -0.15) is 0 Å². The molecule has 2 heterocycles. The third-order valence-corrected chi connectivity index (χ3v) is 6.65. The summed E-state index contributed by atoms with van der Waals surface area (Å²) < 4.78 is 12.3. The van der Waals surface area contributed by atoms with Crippen molar-refractivity contribution < 1.29 is 9.26 Å². The molecule has 8 nitrogen and oxygen atoms in total. The Morgan fingerprint density at radius 3 is 2.20 bits per heavy atom. The SMILES string of the molecule is CCCc1nc(C)c(-c2ccc(OC(C)C)cc2)c(=O)n1Cc1ccc(-c2ccccc2-c2noc(=O)[nH]2)cc1.[NaH]. The predicted octanol–water partition coefficient (Wildman–Crippen LogP) is 5.37. The second kappa shape index (κ2) is 13.3. The molecule has 3 aromatic carbocycles. The molecule has 0 amide bonds. The van der Waals surface area contributed by atoms with Crippen molar-refractivity contribution in [1.29, 1.82) is 0 Å². The zero-order valence-electron chi connectivity index (χ0n) is 23.1. The van der Waals surface area contributed by atoms with Crippen LogP contribution in [0.2, 0.25) is 0 Å². The number of ether oxygens (including phenoxy) is 1. The molecule has 0 bridgehead atoms. The minimum atomic E-state index is -0.598. The van der Waals surface area contributed by atoms with Crippen LogP contribution in [-0.2, 0) is 13.0 Å². The summed E-state index contributed by atoms with van der Waals surface area (Å²) in [4.78, 5) is 32.9. The molecule has 2 aromatic heterocycles. The van der Waals surface area contributed by atoms with E-state index in [1.807, 2.05) is 93.6 Å². The number of rotatable bonds is 9. The van der Waals surface area contributed by atoms with Crippen molar-refractivity contribution in [2.75, 3.05) is 0 Å². The van der Waals surface area contributed by atoms with Crippen molar-refractivity contribution in [3.8, 4) is 39.4 Å². The van der Waals surface area contributed by atoms with Gasteiger partial charge in [-0.1, -0.05) is 72.7 Å². The van der Waals surface area contributed by atoms with Gasteiger partial charge in [0.1, 0.15) is 11.6 Å². The monoisotopic (exact) mass is 560 g/mol. The molecule has 0 saturated heterocycles. The van der Waals surface area contributed by atoms with Crippen molar-refractivity contribution in [1.82, 2.24) is 19.7 Å². The second-order valence-corrected chi connectivity index (χ2v) is 10.0. The fourth-order valence-electron chi connectivity index (χ4n) is 4.86. The summed E-state index contributed by atoms with van der Waals surface area (Å²) in [6.45, 7) is 8.35. The molecule has 206 valence electrons. The molecule has 0 atom stereocenters. The topological polar surface area (TPSA) is 103 Å². The van der Waals surface area contributed by atoms with E-state index >= 15 is 0 Å². The van der Waals surface area contributed by atoms with Crippen LogP contribution in [0.4, 0.5) is 0 Å². The normalized spacial score (nSPS) is 11.0. The first-order valence-electron chi connectivity index (χ1n) is 13.5. The minimum absolute atomic E-state index is 0. The van der Waals surface area contributed by atoms with Crippen LogP contribution >= 0.6 is 0 Å². The molecule has 0 fully saturated rings. The van der Waals surface area contributed by atoms with Gasteiger partial charge >= 0.3 is 35.3 Å². The maximum atomic E-state index is 13.9. The fourth-order valence-corrected chi connectivity index (χ4v) is 4.86. The summed E-state index contributed by atoms with van der Waals surface area (Å²) in [6, 6.07) is 23.3. The molecular formula is C32H33N4NaO4. The Hall–Kier alpha value is -3.72. The van der Waals surface area contributed by atoms with Crippen LogP contribution in [0.25, 0.3) is 33.6 Å². The number of hydrogen-bond donors (Lipinski definition) is 1. The van der Waals surface area contributed by atoms with Crippen LogP contribution < -0.4 is 16.1 Å². The van der Waals surface area contributed by atoms with Gasteiger partial charge in [0, 0.05) is 12.0 Å². The third-order valence-electron chi connectivity index (χ3n) is 6.65. The number of nitrogens with zero attached hydrogens (tertiary/aromatic N) is 3. The molecule has 0 aliphatic rings. The van der Waals surface area contributed by atoms with Crippen molar-refractivity contribution in [2.45, 2.75) is 53.2 Å². The molecule has 0 aliphatic carbocycles. The number of H-pyrrole nitrogens is 1. The fraction of sp³-hybridized carbons (Fsp3) is 0.250. The first kappa shape index (κ1) is 30.2. The summed E-state index contributed by atoms with van der Waals surface area (Å²) >= 11 is 0. The number of nitrogens with one attached hydrogen (secondary N) is 1. The van der Waals surface area contributed by atoms with E-state index in [1.165, 1.54) is 0 Å². The quantitative estimate of drug-likeness (QED) is 0.243. The maximum absolute atomic E-state index is 13.9. The van der Waals surface area contributed by atoms with Crippen molar-refractivity contribution in [3.05, 3.63) is 111 Å². The molecule has 0 spiro atoms. The Morgan fingerprint density at radius 1 is 0.927 bits per heavy atom. The summed E-state index contributed by atoms with van der Waals surface area (Å²) in [6.07, 6.45) is 1.66. The zero-order chi connectivity index (χ0) is 28.2. The van der Waals surface area contributed by atoms with E-state index in [1.54, 1.807) is 4.57 Å². The van der Waals surface area contributed by atoms with Gasteiger partial charge in [-0.15, -0.1) is 0 Å². The van der Waals surface area contributed by atoms with Crippen molar-refractivity contribution in [2.24, 2.45) is 0 Å². The summed E-state index contributed by atoms with van der Waals surface area (Å²) in [5, 5.41) is 3.84. The number of hydrogen-bond acceptors (Lipinski definition) is 6. The van der Waals surface area contributed by atoms with Crippen LogP contribution in [0.1, 0.15) is 44.3 Å². The molecule has 1 N–H and O–H groups in total. The molecule has 0 unspecified atom stereocenters. The van der Waals surface area contributed by atoms with Crippen molar-refractivity contribution in [3.63, 3.8) is 0 Å². The Morgan fingerprint density at radius 2 is 1.59 bits per heavy atom. The predicted molar refractivity (Wildman–Crippen MR) is 163 cm³/mol. The Bertz CT molecular complexity index is 1740. The summed E-state index contributed by atoms with van der Waals surface area (Å²) in [5.74, 6) is 1.32. The average molecular weight is 561 g/mol. The van der Waals surface area contributed by atoms with Crippen molar-refractivity contribution >= 4 is 29.6 Å². The van der Waals surface area contributed by atoms with Gasteiger partial charge in [0.15, 0.2) is 5.82 Å². The molecule has 0 saturated carbocycles. The first-order valence-corrected chi connectivity index (χ1v) is 13.5. The summed E-state index contributed by atoms with van der Waals surface area (Å²) in [5.41, 5.74) is 5.69. The van der Waals surface area contributed by atoms with Gasteiger partial charge in [0.2, 0.25) is 0 Å². The van der Waals surface area contributed by atoms with Crippen LogP contribution in [-0.4, -0.2) is 55.4 Å². The van der Waals surface area contributed by atoms with Gasteiger partial charge in [-0.25, -0.2) is 9.78 Å². The standard InChI is InChI=1S/C32H32N4O4.Na.H/c1-5-8-28-33-21(4)29(24-15-17-25(18-16-24)39-20(2)3)31(37)36(28)19-22-11-13-23(14-12-22)26-9-6-7-10-27(26)30-34-32(38)40-35-30;;/h6-7,9-18,20H,5,8,19H2,1-4H3,(H,34,35,38);;. The van der Waals surface area contributed by atoms with Gasteiger partial charge < -0.3 is 4.74 Å². The average Bonchev–Trinajstić information content (AvgIpc) is 3.38.